The fourth-order valence-electron chi connectivity index (χ4n) is 1.20. The number of thiazole rings is 1. The summed E-state index contributed by atoms with van der Waals surface area (Å²) in [7, 11) is 0. The summed E-state index contributed by atoms with van der Waals surface area (Å²) >= 11 is 1.30. The predicted octanol–water partition coefficient (Wildman–Crippen LogP) is 0.922. The van der Waals surface area contributed by atoms with E-state index in [1.807, 2.05) is 0 Å². The lowest BCUT2D eigenvalue weighted by Gasteiger charge is -1.95. The SMILES string of the molecule is NC(N)=Nc1nc(-c2cccc(C=O)n2)cs1. The van der Waals surface area contributed by atoms with Crippen LogP contribution in [0.4, 0.5) is 5.13 Å². The van der Waals surface area contributed by atoms with E-state index in [0.29, 0.717) is 28.5 Å². The van der Waals surface area contributed by atoms with Crippen LogP contribution in [0.2, 0.25) is 0 Å². The molecule has 0 unspecified atom stereocenters. The van der Waals surface area contributed by atoms with Crippen molar-refractivity contribution in [2.24, 2.45) is 16.5 Å². The highest BCUT2D eigenvalue weighted by Crippen LogP contribution is 2.25. The summed E-state index contributed by atoms with van der Waals surface area (Å²) in [5.74, 6) is -0.0412. The van der Waals surface area contributed by atoms with Crippen molar-refractivity contribution in [3.05, 3.63) is 29.3 Å². The molecule has 2 aromatic rings. The van der Waals surface area contributed by atoms with E-state index in [1.54, 1.807) is 23.6 Å². The number of pyridine rings is 1. The standard InChI is InChI=1S/C10H9N5OS/c11-9(12)15-10-14-8(5-17-10)7-3-1-2-6(4-16)13-7/h1-5H,(H4,11,12,14,15). The molecule has 0 saturated carbocycles. The molecule has 0 radical (unpaired) electrons. The number of aromatic nitrogens is 2. The van der Waals surface area contributed by atoms with Crippen molar-refractivity contribution in [3.8, 4) is 11.4 Å². The van der Waals surface area contributed by atoms with Crippen molar-refractivity contribution in [3.63, 3.8) is 0 Å². The van der Waals surface area contributed by atoms with Crippen molar-refractivity contribution in [2.75, 3.05) is 0 Å². The van der Waals surface area contributed by atoms with Crippen LogP contribution in [0, 0.1) is 0 Å². The van der Waals surface area contributed by atoms with Crippen molar-refractivity contribution >= 4 is 28.7 Å². The lowest BCUT2D eigenvalue weighted by atomic mass is 10.2. The van der Waals surface area contributed by atoms with E-state index in [-0.39, 0.29) is 5.96 Å². The first kappa shape index (κ1) is 11.2. The number of carbonyl (C=O) groups is 1. The minimum atomic E-state index is -0.0412. The molecule has 0 saturated heterocycles. The molecule has 0 amide bonds. The number of aldehydes is 1. The summed E-state index contributed by atoms with van der Waals surface area (Å²) in [6.45, 7) is 0. The summed E-state index contributed by atoms with van der Waals surface area (Å²) < 4.78 is 0. The molecule has 0 aliphatic carbocycles. The summed E-state index contributed by atoms with van der Waals surface area (Å²) in [6.07, 6.45) is 0.687. The Bertz CT molecular complexity index is 574. The lowest BCUT2D eigenvalue weighted by Crippen LogP contribution is -2.21. The summed E-state index contributed by atoms with van der Waals surface area (Å²) in [4.78, 5) is 22.7. The van der Waals surface area contributed by atoms with Crippen LogP contribution < -0.4 is 11.5 Å². The Kier molecular flexibility index (Phi) is 3.10. The number of aliphatic imine (C=N–C) groups is 1. The van der Waals surface area contributed by atoms with E-state index in [1.165, 1.54) is 11.3 Å². The Morgan fingerprint density at radius 2 is 2.12 bits per heavy atom. The number of carbonyl (C=O) groups excluding carboxylic acids is 1. The molecule has 2 rings (SSSR count). The second-order valence-electron chi connectivity index (χ2n) is 3.12. The predicted molar refractivity (Wildman–Crippen MR) is 66.2 cm³/mol. The highest BCUT2D eigenvalue weighted by atomic mass is 32.1. The number of nitrogens with zero attached hydrogens (tertiary/aromatic N) is 3. The molecular formula is C10H9N5OS. The number of hydrogen-bond acceptors (Lipinski definition) is 5. The molecule has 6 nitrogen and oxygen atoms in total. The molecule has 7 heteroatoms. The first-order valence-electron chi connectivity index (χ1n) is 4.67. The maximum Gasteiger partial charge on any atom is 0.212 e. The monoisotopic (exact) mass is 247 g/mol. The van der Waals surface area contributed by atoms with Crippen LogP contribution >= 0.6 is 11.3 Å². The van der Waals surface area contributed by atoms with Gasteiger partial charge in [0.2, 0.25) is 5.13 Å². The van der Waals surface area contributed by atoms with Crippen molar-refractivity contribution < 1.29 is 4.79 Å². The third-order valence-electron chi connectivity index (χ3n) is 1.87. The normalized spacial score (nSPS) is 9.88. The summed E-state index contributed by atoms with van der Waals surface area (Å²) in [5.41, 5.74) is 12.1. The third-order valence-corrected chi connectivity index (χ3v) is 2.61. The molecular weight excluding hydrogens is 238 g/mol. The van der Waals surface area contributed by atoms with Gasteiger partial charge in [-0.3, -0.25) is 4.79 Å². The molecule has 17 heavy (non-hydrogen) atoms. The van der Waals surface area contributed by atoms with E-state index in [2.05, 4.69) is 15.0 Å². The Hall–Kier alpha value is -2.28. The summed E-state index contributed by atoms with van der Waals surface area (Å²) in [5, 5.41) is 2.23. The zero-order valence-corrected chi connectivity index (χ0v) is 9.52. The van der Waals surface area contributed by atoms with Gasteiger partial charge in [0.15, 0.2) is 12.2 Å². The molecule has 2 heterocycles. The minimum absolute atomic E-state index is 0.0412. The average Bonchev–Trinajstić information content (AvgIpc) is 2.77. The van der Waals surface area contributed by atoms with Crippen LogP contribution in [0.3, 0.4) is 0 Å². The largest absolute Gasteiger partial charge is 0.370 e. The van der Waals surface area contributed by atoms with Gasteiger partial charge in [-0.05, 0) is 12.1 Å². The van der Waals surface area contributed by atoms with Crippen LogP contribution in [-0.4, -0.2) is 22.2 Å². The highest BCUT2D eigenvalue weighted by Gasteiger charge is 2.06. The quantitative estimate of drug-likeness (QED) is 0.476. The molecule has 0 bridgehead atoms. The van der Waals surface area contributed by atoms with Gasteiger partial charge < -0.3 is 11.5 Å². The van der Waals surface area contributed by atoms with Crippen molar-refractivity contribution in [1.82, 2.24) is 9.97 Å². The van der Waals surface area contributed by atoms with E-state index in [9.17, 15) is 4.79 Å². The molecule has 0 atom stereocenters. The van der Waals surface area contributed by atoms with Gasteiger partial charge >= 0.3 is 0 Å². The maximum absolute atomic E-state index is 10.6. The zero-order chi connectivity index (χ0) is 12.3. The zero-order valence-electron chi connectivity index (χ0n) is 8.70. The van der Waals surface area contributed by atoms with Crippen LogP contribution in [0.15, 0.2) is 28.6 Å². The Balaban J connectivity index is 2.36. The second kappa shape index (κ2) is 4.71. The lowest BCUT2D eigenvalue weighted by molar-refractivity contribution is 0.111. The van der Waals surface area contributed by atoms with Crippen LogP contribution in [0.1, 0.15) is 10.5 Å². The van der Waals surface area contributed by atoms with Crippen molar-refractivity contribution in [2.45, 2.75) is 0 Å². The van der Waals surface area contributed by atoms with Gasteiger partial charge in [0.05, 0.1) is 5.69 Å². The van der Waals surface area contributed by atoms with Crippen molar-refractivity contribution in [1.29, 1.82) is 0 Å². The van der Waals surface area contributed by atoms with Gasteiger partial charge in [0, 0.05) is 5.38 Å². The fourth-order valence-corrected chi connectivity index (χ4v) is 1.90. The Morgan fingerprint density at radius 1 is 1.29 bits per heavy atom. The van der Waals surface area contributed by atoms with Crippen LogP contribution in [0.5, 0.6) is 0 Å². The molecule has 4 N–H and O–H groups in total. The molecule has 0 spiro atoms. The third kappa shape index (κ3) is 2.64. The van der Waals surface area contributed by atoms with Gasteiger partial charge in [-0.25, -0.2) is 9.97 Å². The average molecular weight is 247 g/mol. The number of nitrogens with two attached hydrogens (primary N) is 2. The molecule has 0 aromatic carbocycles. The Labute approximate surface area is 101 Å². The highest BCUT2D eigenvalue weighted by molar-refractivity contribution is 7.13. The topological polar surface area (TPSA) is 107 Å². The minimum Gasteiger partial charge on any atom is -0.370 e. The Morgan fingerprint density at radius 3 is 2.82 bits per heavy atom. The van der Waals surface area contributed by atoms with Crippen LogP contribution in [-0.2, 0) is 0 Å². The van der Waals surface area contributed by atoms with Gasteiger partial charge in [-0.15, -0.1) is 11.3 Å². The van der Waals surface area contributed by atoms with Crippen LogP contribution in [0.25, 0.3) is 11.4 Å². The van der Waals surface area contributed by atoms with E-state index >= 15 is 0 Å². The number of guanidine groups is 1. The second-order valence-corrected chi connectivity index (χ2v) is 3.95. The molecule has 2 aromatic heterocycles. The van der Waals surface area contributed by atoms with Gasteiger partial charge in [-0.2, -0.15) is 4.99 Å². The van der Waals surface area contributed by atoms with Gasteiger partial charge in [0.25, 0.3) is 0 Å². The van der Waals surface area contributed by atoms with E-state index in [0.717, 1.165) is 0 Å². The first-order chi connectivity index (χ1) is 8.19. The van der Waals surface area contributed by atoms with E-state index in [4.69, 9.17) is 11.5 Å². The number of rotatable bonds is 3. The van der Waals surface area contributed by atoms with Gasteiger partial charge in [-0.1, -0.05) is 6.07 Å². The fraction of sp³-hybridized carbons (Fsp3) is 0. The maximum atomic E-state index is 10.6. The van der Waals surface area contributed by atoms with Gasteiger partial charge in [0.1, 0.15) is 11.4 Å². The molecule has 86 valence electrons. The molecule has 0 fully saturated rings. The first-order valence-corrected chi connectivity index (χ1v) is 5.55. The van der Waals surface area contributed by atoms with E-state index < -0.39 is 0 Å². The number of hydrogen-bond donors (Lipinski definition) is 2. The summed E-state index contributed by atoms with van der Waals surface area (Å²) in [6, 6.07) is 5.13. The smallest absolute Gasteiger partial charge is 0.212 e. The molecule has 0 aliphatic rings. The molecule has 0 aliphatic heterocycles.